The molecule has 4 rings (SSSR count). The lowest BCUT2D eigenvalue weighted by molar-refractivity contribution is -0.135. The van der Waals surface area contributed by atoms with Crippen LogP contribution in [0.2, 0.25) is 0 Å². The van der Waals surface area contributed by atoms with E-state index < -0.39 is 0 Å². The Morgan fingerprint density at radius 1 is 1.19 bits per heavy atom. The summed E-state index contributed by atoms with van der Waals surface area (Å²) in [5.74, 6) is -0.0528. The molecule has 2 amide bonds. The van der Waals surface area contributed by atoms with Crippen molar-refractivity contribution in [3.8, 4) is 0 Å². The Labute approximate surface area is 158 Å². The van der Waals surface area contributed by atoms with Crippen LogP contribution in [0.15, 0.2) is 30.7 Å². The number of nitrogens with zero attached hydrogens (tertiary/aromatic N) is 3. The summed E-state index contributed by atoms with van der Waals surface area (Å²) < 4.78 is 0. The molecule has 0 spiro atoms. The molecule has 2 N–H and O–H groups in total. The van der Waals surface area contributed by atoms with E-state index in [-0.39, 0.29) is 36.7 Å². The second-order valence-electron chi connectivity index (χ2n) is 7.31. The van der Waals surface area contributed by atoms with Gasteiger partial charge in [0.1, 0.15) is 6.04 Å². The number of pyridine rings is 1. The fraction of sp³-hybridized carbons (Fsp3) is 0.500. The maximum Gasteiger partial charge on any atom is 0.223 e. The maximum absolute atomic E-state index is 12.9. The summed E-state index contributed by atoms with van der Waals surface area (Å²) in [7, 11) is 0. The van der Waals surface area contributed by atoms with Crippen LogP contribution in [-0.2, 0) is 16.0 Å². The first kappa shape index (κ1) is 17.7. The van der Waals surface area contributed by atoms with Crippen molar-refractivity contribution >= 4 is 11.8 Å². The van der Waals surface area contributed by atoms with Gasteiger partial charge in [-0.3, -0.25) is 14.6 Å². The Morgan fingerprint density at radius 2 is 2.04 bits per heavy atom. The number of aromatic amines is 1. The zero-order chi connectivity index (χ0) is 18.6. The molecule has 1 aliphatic carbocycles. The number of hydrogen-bond acceptors (Lipinski definition) is 4. The van der Waals surface area contributed by atoms with Crippen molar-refractivity contribution < 1.29 is 9.59 Å². The topological polar surface area (TPSA) is 91.0 Å². The van der Waals surface area contributed by atoms with Crippen LogP contribution in [0.4, 0.5) is 0 Å². The average molecular weight is 367 g/mol. The van der Waals surface area contributed by atoms with Gasteiger partial charge in [-0.1, -0.05) is 18.9 Å². The van der Waals surface area contributed by atoms with Crippen LogP contribution in [-0.4, -0.2) is 44.3 Å². The van der Waals surface area contributed by atoms with Gasteiger partial charge in [0.15, 0.2) is 0 Å². The zero-order valence-corrected chi connectivity index (χ0v) is 15.4. The third-order valence-electron chi connectivity index (χ3n) is 5.50. The molecule has 1 fully saturated rings. The van der Waals surface area contributed by atoms with Crippen molar-refractivity contribution in [2.75, 3.05) is 6.54 Å². The molecule has 3 heterocycles. The highest BCUT2D eigenvalue weighted by Crippen LogP contribution is 2.32. The second-order valence-corrected chi connectivity index (χ2v) is 7.31. The van der Waals surface area contributed by atoms with E-state index in [9.17, 15) is 9.59 Å². The van der Waals surface area contributed by atoms with Crippen molar-refractivity contribution in [1.29, 1.82) is 0 Å². The lowest BCUT2D eigenvalue weighted by Crippen LogP contribution is -2.41. The lowest BCUT2D eigenvalue weighted by Gasteiger charge is -2.34. The highest BCUT2D eigenvalue weighted by molar-refractivity contribution is 5.84. The van der Waals surface area contributed by atoms with Crippen molar-refractivity contribution in [3.63, 3.8) is 0 Å². The van der Waals surface area contributed by atoms with E-state index in [0.29, 0.717) is 6.54 Å². The van der Waals surface area contributed by atoms with Gasteiger partial charge in [0.25, 0.3) is 0 Å². The summed E-state index contributed by atoms with van der Waals surface area (Å²) in [5.41, 5.74) is 2.70. The Morgan fingerprint density at radius 3 is 2.81 bits per heavy atom. The van der Waals surface area contributed by atoms with Gasteiger partial charge in [0.2, 0.25) is 11.8 Å². The second kappa shape index (κ2) is 7.90. The Bertz CT molecular complexity index is 798. The summed E-state index contributed by atoms with van der Waals surface area (Å²) in [6.45, 7) is 0.597. The number of nitrogens with one attached hydrogen (secondary N) is 2. The Kier molecular flexibility index (Phi) is 5.18. The smallest absolute Gasteiger partial charge is 0.223 e. The highest BCUT2D eigenvalue weighted by Gasteiger charge is 2.34. The fourth-order valence-electron chi connectivity index (χ4n) is 4.12. The molecular formula is C20H25N5O2. The predicted octanol–water partition coefficient (Wildman–Crippen LogP) is 2.12. The Balaban J connectivity index is 1.44. The SMILES string of the molecule is O=C(CCC(=O)N1CCc2[nH]cnc2[C@H]1c1ccccn1)NC1CCCC1. The third-order valence-corrected chi connectivity index (χ3v) is 5.50. The number of aromatic nitrogens is 3. The van der Waals surface area contributed by atoms with Gasteiger partial charge in [0.05, 0.1) is 17.7 Å². The largest absolute Gasteiger partial charge is 0.353 e. The first-order chi connectivity index (χ1) is 13.2. The van der Waals surface area contributed by atoms with E-state index in [0.717, 1.165) is 36.3 Å². The van der Waals surface area contributed by atoms with Crippen molar-refractivity contribution in [3.05, 3.63) is 47.8 Å². The summed E-state index contributed by atoms with van der Waals surface area (Å²) in [4.78, 5) is 39.0. The summed E-state index contributed by atoms with van der Waals surface area (Å²) >= 11 is 0. The minimum Gasteiger partial charge on any atom is -0.353 e. The van der Waals surface area contributed by atoms with Gasteiger partial charge in [0, 0.05) is 43.7 Å². The quantitative estimate of drug-likeness (QED) is 0.847. The number of amides is 2. The minimum absolute atomic E-state index is 0.0258. The van der Waals surface area contributed by atoms with Crippen molar-refractivity contribution in [1.82, 2.24) is 25.2 Å². The number of imidazole rings is 1. The molecule has 0 saturated heterocycles. The zero-order valence-electron chi connectivity index (χ0n) is 15.4. The van der Waals surface area contributed by atoms with Crippen LogP contribution in [0.3, 0.4) is 0 Å². The molecule has 142 valence electrons. The molecule has 7 heteroatoms. The summed E-state index contributed by atoms with van der Waals surface area (Å²) in [6, 6.07) is 5.68. The molecule has 0 radical (unpaired) electrons. The number of fused-ring (bicyclic) bond motifs is 1. The Hall–Kier alpha value is -2.70. The monoisotopic (exact) mass is 367 g/mol. The molecule has 0 aromatic carbocycles. The number of hydrogen-bond donors (Lipinski definition) is 2. The standard InChI is InChI=1S/C20H25N5O2/c26-17(24-14-5-1-2-6-14)8-9-18(27)25-12-10-15-19(23-13-22-15)20(25)16-7-3-4-11-21-16/h3-4,7,11,13-14,20H,1-2,5-6,8-10,12H2,(H,22,23)(H,24,26)/t20-/m1/s1. The van der Waals surface area contributed by atoms with Crippen LogP contribution in [0, 0.1) is 0 Å². The highest BCUT2D eigenvalue weighted by atomic mass is 16.2. The van der Waals surface area contributed by atoms with Crippen molar-refractivity contribution in [2.45, 2.75) is 57.0 Å². The summed E-state index contributed by atoms with van der Waals surface area (Å²) in [6.07, 6.45) is 9.03. The third kappa shape index (κ3) is 3.86. The van der Waals surface area contributed by atoms with Crippen LogP contribution in [0.1, 0.15) is 61.6 Å². The van der Waals surface area contributed by atoms with E-state index >= 15 is 0 Å². The number of carbonyl (C=O) groups is 2. The first-order valence-electron chi connectivity index (χ1n) is 9.74. The van der Waals surface area contributed by atoms with Crippen LogP contribution in [0.25, 0.3) is 0 Å². The molecule has 2 aromatic heterocycles. The molecule has 2 aromatic rings. The molecule has 7 nitrogen and oxygen atoms in total. The van der Waals surface area contributed by atoms with Crippen LogP contribution in [0.5, 0.6) is 0 Å². The van der Waals surface area contributed by atoms with Gasteiger partial charge < -0.3 is 15.2 Å². The number of H-pyrrole nitrogens is 1. The van der Waals surface area contributed by atoms with Gasteiger partial charge in [-0.05, 0) is 25.0 Å². The van der Waals surface area contributed by atoms with Gasteiger partial charge >= 0.3 is 0 Å². The minimum atomic E-state index is -0.299. The molecule has 0 unspecified atom stereocenters. The number of rotatable bonds is 5. The maximum atomic E-state index is 12.9. The molecule has 2 aliphatic rings. The molecule has 27 heavy (non-hydrogen) atoms. The fourth-order valence-corrected chi connectivity index (χ4v) is 4.12. The van der Waals surface area contributed by atoms with E-state index in [1.54, 1.807) is 12.5 Å². The average Bonchev–Trinajstić information content (AvgIpc) is 3.37. The van der Waals surface area contributed by atoms with Crippen molar-refractivity contribution in [2.24, 2.45) is 0 Å². The van der Waals surface area contributed by atoms with Gasteiger partial charge in [-0.2, -0.15) is 0 Å². The van der Waals surface area contributed by atoms with E-state index in [1.807, 2.05) is 23.1 Å². The van der Waals surface area contributed by atoms with Gasteiger partial charge in [-0.15, -0.1) is 0 Å². The predicted molar refractivity (Wildman–Crippen MR) is 99.7 cm³/mol. The molecule has 1 saturated carbocycles. The summed E-state index contributed by atoms with van der Waals surface area (Å²) in [5, 5.41) is 3.05. The molecule has 0 bridgehead atoms. The normalized spacial score (nSPS) is 19.7. The van der Waals surface area contributed by atoms with E-state index in [4.69, 9.17) is 0 Å². The van der Waals surface area contributed by atoms with E-state index in [1.165, 1.54) is 12.8 Å². The molecule has 1 aliphatic heterocycles. The molecule has 1 atom stereocenters. The number of carbonyl (C=O) groups excluding carboxylic acids is 2. The van der Waals surface area contributed by atoms with Crippen LogP contribution < -0.4 is 5.32 Å². The van der Waals surface area contributed by atoms with E-state index in [2.05, 4.69) is 20.3 Å². The first-order valence-corrected chi connectivity index (χ1v) is 9.74. The van der Waals surface area contributed by atoms with Crippen LogP contribution >= 0.6 is 0 Å². The van der Waals surface area contributed by atoms with Gasteiger partial charge in [-0.25, -0.2) is 4.98 Å². The lowest BCUT2D eigenvalue weighted by atomic mass is 9.98. The molecular weight excluding hydrogens is 342 g/mol.